The molecule has 82 valence electrons. The number of rotatable bonds is 3. The molecule has 1 heterocycles. The van der Waals surface area contributed by atoms with Gasteiger partial charge < -0.3 is 10.5 Å². The molecular weight excluding hydrogens is 196 g/mol. The number of hydrogen-bond donors (Lipinski definition) is 1. The molecule has 1 fully saturated rings. The molecule has 0 aromatic carbocycles. The van der Waals surface area contributed by atoms with Crippen molar-refractivity contribution >= 4 is 5.97 Å². The molecule has 1 aliphatic carbocycles. The Kier molecular flexibility index (Phi) is 2.68. The van der Waals surface area contributed by atoms with Gasteiger partial charge in [-0.25, -0.2) is 9.48 Å². The van der Waals surface area contributed by atoms with Crippen LogP contribution in [-0.2, 0) is 4.74 Å². The Morgan fingerprint density at radius 2 is 2.47 bits per heavy atom. The van der Waals surface area contributed by atoms with E-state index in [2.05, 4.69) is 10.3 Å². The minimum atomic E-state index is -0.424. The second-order valence-electron chi connectivity index (χ2n) is 3.69. The fraction of sp³-hybridized carbons (Fsp3) is 0.667. The van der Waals surface area contributed by atoms with Crippen LogP contribution >= 0.6 is 0 Å². The lowest BCUT2D eigenvalue weighted by molar-refractivity contribution is 0.0519. The van der Waals surface area contributed by atoms with Gasteiger partial charge in [-0.15, -0.1) is 5.10 Å². The van der Waals surface area contributed by atoms with E-state index in [0.717, 1.165) is 12.8 Å². The van der Waals surface area contributed by atoms with E-state index in [0.29, 0.717) is 6.61 Å². The van der Waals surface area contributed by atoms with Crippen molar-refractivity contribution in [2.45, 2.75) is 31.8 Å². The average Bonchev–Trinajstić information content (AvgIpc) is 2.62. The second-order valence-corrected chi connectivity index (χ2v) is 3.69. The summed E-state index contributed by atoms with van der Waals surface area (Å²) in [5, 5.41) is 7.65. The lowest BCUT2D eigenvalue weighted by atomic mass is 9.88. The minimum Gasteiger partial charge on any atom is -0.461 e. The normalized spacial score (nSPS) is 24.7. The molecule has 0 radical (unpaired) electrons. The van der Waals surface area contributed by atoms with E-state index >= 15 is 0 Å². The summed E-state index contributed by atoms with van der Waals surface area (Å²) in [7, 11) is 0. The van der Waals surface area contributed by atoms with Crippen LogP contribution in [0.3, 0.4) is 0 Å². The molecule has 1 aliphatic rings. The van der Waals surface area contributed by atoms with Crippen LogP contribution in [0.1, 0.15) is 36.3 Å². The number of nitrogens with two attached hydrogens (primary N) is 1. The SMILES string of the molecule is CCOC(=O)c1cn(C2CC(N)C2)nn1. The Balaban J connectivity index is 2.01. The maximum atomic E-state index is 11.3. The van der Waals surface area contributed by atoms with Gasteiger partial charge in [-0.1, -0.05) is 5.21 Å². The first-order valence-electron chi connectivity index (χ1n) is 5.05. The lowest BCUT2D eigenvalue weighted by Crippen LogP contribution is -2.37. The summed E-state index contributed by atoms with van der Waals surface area (Å²) in [4.78, 5) is 11.3. The monoisotopic (exact) mass is 210 g/mol. The quantitative estimate of drug-likeness (QED) is 0.716. The molecule has 0 unspecified atom stereocenters. The largest absolute Gasteiger partial charge is 0.461 e. The molecule has 15 heavy (non-hydrogen) atoms. The molecule has 0 spiro atoms. The maximum Gasteiger partial charge on any atom is 0.360 e. The molecule has 2 N–H and O–H groups in total. The standard InChI is InChI=1S/C9H14N4O2/c1-2-15-9(14)8-5-13(12-11-8)7-3-6(10)4-7/h5-7H,2-4,10H2,1H3. The van der Waals surface area contributed by atoms with Crippen LogP contribution in [0.4, 0.5) is 0 Å². The third kappa shape index (κ3) is 1.99. The van der Waals surface area contributed by atoms with E-state index in [9.17, 15) is 4.79 Å². The first-order chi connectivity index (χ1) is 7.20. The van der Waals surface area contributed by atoms with Crippen molar-refractivity contribution in [1.29, 1.82) is 0 Å². The van der Waals surface area contributed by atoms with Crippen molar-refractivity contribution in [3.05, 3.63) is 11.9 Å². The zero-order valence-electron chi connectivity index (χ0n) is 8.59. The first-order valence-corrected chi connectivity index (χ1v) is 5.05. The Bertz CT molecular complexity index is 357. The van der Waals surface area contributed by atoms with E-state index in [1.54, 1.807) is 17.8 Å². The highest BCUT2D eigenvalue weighted by Crippen LogP contribution is 2.29. The first kappa shape index (κ1) is 10.1. The molecular formula is C9H14N4O2. The molecule has 1 saturated carbocycles. The highest BCUT2D eigenvalue weighted by atomic mass is 16.5. The van der Waals surface area contributed by atoms with Gasteiger partial charge in [-0.3, -0.25) is 0 Å². The van der Waals surface area contributed by atoms with Crippen molar-refractivity contribution in [2.75, 3.05) is 6.61 Å². The van der Waals surface area contributed by atoms with Crippen LogP contribution in [-0.4, -0.2) is 33.6 Å². The molecule has 0 aliphatic heterocycles. The summed E-state index contributed by atoms with van der Waals surface area (Å²) in [5.41, 5.74) is 5.93. The van der Waals surface area contributed by atoms with E-state index in [1.165, 1.54) is 0 Å². The predicted molar refractivity (Wildman–Crippen MR) is 52.2 cm³/mol. The molecule has 6 heteroatoms. The number of esters is 1. The van der Waals surface area contributed by atoms with Gasteiger partial charge in [0.05, 0.1) is 18.8 Å². The molecule has 6 nitrogen and oxygen atoms in total. The minimum absolute atomic E-state index is 0.255. The van der Waals surface area contributed by atoms with Gasteiger partial charge in [0.1, 0.15) is 0 Å². The molecule has 0 atom stereocenters. The number of carbonyl (C=O) groups excluding carboxylic acids is 1. The summed E-state index contributed by atoms with van der Waals surface area (Å²) in [5.74, 6) is -0.424. The molecule has 1 aromatic rings. The van der Waals surface area contributed by atoms with Gasteiger partial charge >= 0.3 is 5.97 Å². The summed E-state index contributed by atoms with van der Waals surface area (Å²) >= 11 is 0. The molecule has 1 aromatic heterocycles. The van der Waals surface area contributed by atoms with Crippen molar-refractivity contribution < 1.29 is 9.53 Å². The Labute approximate surface area is 87.4 Å². The second kappa shape index (κ2) is 3.98. The van der Waals surface area contributed by atoms with Crippen LogP contribution in [0, 0.1) is 0 Å². The number of ether oxygens (including phenoxy) is 1. The van der Waals surface area contributed by atoms with Crippen molar-refractivity contribution in [3.8, 4) is 0 Å². The van der Waals surface area contributed by atoms with Crippen molar-refractivity contribution in [3.63, 3.8) is 0 Å². The Morgan fingerprint density at radius 1 is 1.73 bits per heavy atom. The zero-order chi connectivity index (χ0) is 10.8. The summed E-state index contributed by atoms with van der Waals surface area (Å²) in [6.07, 6.45) is 3.41. The van der Waals surface area contributed by atoms with Crippen molar-refractivity contribution in [1.82, 2.24) is 15.0 Å². The maximum absolute atomic E-state index is 11.3. The van der Waals surface area contributed by atoms with Crippen LogP contribution in [0.25, 0.3) is 0 Å². The zero-order valence-corrected chi connectivity index (χ0v) is 8.59. The van der Waals surface area contributed by atoms with E-state index in [-0.39, 0.29) is 17.8 Å². The van der Waals surface area contributed by atoms with E-state index in [1.807, 2.05) is 0 Å². The Morgan fingerprint density at radius 3 is 3.07 bits per heavy atom. The molecule has 0 saturated heterocycles. The number of nitrogens with zero attached hydrogens (tertiary/aromatic N) is 3. The predicted octanol–water partition coefficient (Wildman–Crippen LogP) is 0.117. The van der Waals surface area contributed by atoms with Crippen LogP contribution in [0.15, 0.2) is 6.20 Å². The highest BCUT2D eigenvalue weighted by Gasteiger charge is 2.29. The number of carbonyl (C=O) groups is 1. The van der Waals surface area contributed by atoms with Crippen molar-refractivity contribution in [2.24, 2.45) is 5.73 Å². The van der Waals surface area contributed by atoms with Gasteiger partial charge in [0.25, 0.3) is 0 Å². The summed E-state index contributed by atoms with van der Waals surface area (Å²) in [6, 6.07) is 0.543. The average molecular weight is 210 g/mol. The summed E-state index contributed by atoms with van der Waals surface area (Å²) in [6.45, 7) is 2.10. The third-order valence-electron chi connectivity index (χ3n) is 2.52. The number of aromatic nitrogens is 3. The fourth-order valence-corrected chi connectivity index (χ4v) is 1.60. The van der Waals surface area contributed by atoms with Crippen LogP contribution in [0.5, 0.6) is 0 Å². The van der Waals surface area contributed by atoms with Gasteiger partial charge in [-0.05, 0) is 19.8 Å². The lowest BCUT2D eigenvalue weighted by Gasteiger charge is -2.31. The molecule has 0 amide bonds. The topological polar surface area (TPSA) is 83.0 Å². The van der Waals surface area contributed by atoms with Crippen LogP contribution < -0.4 is 5.73 Å². The van der Waals surface area contributed by atoms with Gasteiger partial charge in [0.15, 0.2) is 5.69 Å². The summed E-state index contributed by atoms with van der Waals surface area (Å²) < 4.78 is 6.50. The molecule has 0 bridgehead atoms. The van der Waals surface area contributed by atoms with Gasteiger partial charge in [0.2, 0.25) is 0 Å². The van der Waals surface area contributed by atoms with Crippen LogP contribution in [0.2, 0.25) is 0 Å². The van der Waals surface area contributed by atoms with Gasteiger partial charge in [-0.2, -0.15) is 0 Å². The smallest absolute Gasteiger partial charge is 0.360 e. The van der Waals surface area contributed by atoms with Gasteiger partial charge in [0, 0.05) is 6.04 Å². The highest BCUT2D eigenvalue weighted by molar-refractivity contribution is 5.86. The Hall–Kier alpha value is -1.43. The van der Waals surface area contributed by atoms with E-state index < -0.39 is 5.97 Å². The third-order valence-corrected chi connectivity index (χ3v) is 2.52. The fourth-order valence-electron chi connectivity index (χ4n) is 1.60. The number of hydrogen-bond acceptors (Lipinski definition) is 5. The van der Waals surface area contributed by atoms with E-state index in [4.69, 9.17) is 10.5 Å². The molecule has 2 rings (SSSR count).